The van der Waals surface area contributed by atoms with Crippen molar-refractivity contribution in [3.63, 3.8) is 0 Å². The van der Waals surface area contributed by atoms with E-state index in [1.807, 2.05) is 0 Å². The first-order valence-corrected chi connectivity index (χ1v) is 5.69. The molecule has 0 bridgehead atoms. The monoisotopic (exact) mass is 248 g/mol. The largest absolute Gasteiger partial charge is 0.479 e. The molecule has 1 atom stereocenters. The minimum Gasteiger partial charge on any atom is -0.479 e. The summed E-state index contributed by atoms with van der Waals surface area (Å²) >= 11 is 1.41. The third-order valence-corrected chi connectivity index (χ3v) is 2.88. The standard InChI is InChI=1S/C8H12N2O5S/c11-5(8(14)15)1-9-6(12)2-10-4-16-3-7(10)13/h5,11H,1-4H2,(H,9,12)(H,14,15). The van der Waals surface area contributed by atoms with Crippen molar-refractivity contribution in [1.82, 2.24) is 10.2 Å². The highest BCUT2D eigenvalue weighted by Crippen LogP contribution is 2.13. The van der Waals surface area contributed by atoms with E-state index in [1.165, 1.54) is 16.7 Å². The second kappa shape index (κ2) is 5.71. The molecule has 1 aliphatic rings. The molecule has 0 aromatic carbocycles. The smallest absolute Gasteiger partial charge is 0.334 e. The summed E-state index contributed by atoms with van der Waals surface area (Å²) < 4.78 is 0. The molecule has 0 radical (unpaired) electrons. The molecule has 0 aromatic rings. The van der Waals surface area contributed by atoms with Crippen molar-refractivity contribution in [3.05, 3.63) is 0 Å². The van der Waals surface area contributed by atoms with Crippen LogP contribution in [0.2, 0.25) is 0 Å². The van der Waals surface area contributed by atoms with Crippen molar-refractivity contribution in [3.8, 4) is 0 Å². The molecule has 3 N–H and O–H groups in total. The molecule has 1 fully saturated rings. The van der Waals surface area contributed by atoms with Crippen molar-refractivity contribution in [2.75, 3.05) is 24.7 Å². The van der Waals surface area contributed by atoms with Crippen molar-refractivity contribution >= 4 is 29.5 Å². The number of amides is 2. The lowest BCUT2D eigenvalue weighted by molar-refractivity contribution is -0.146. The molecular weight excluding hydrogens is 236 g/mol. The summed E-state index contributed by atoms with van der Waals surface area (Å²) in [5.74, 6) is -1.15. The number of aliphatic carboxylic acids is 1. The number of carboxylic acids is 1. The van der Waals surface area contributed by atoms with Crippen LogP contribution in [-0.2, 0) is 14.4 Å². The molecule has 0 saturated carbocycles. The number of hydrogen-bond donors (Lipinski definition) is 3. The normalized spacial score (nSPS) is 17.3. The van der Waals surface area contributed by atoms with Gasteiger partial charge in [0.15, 0.2) is 6.10 Å². The lowest BCUT2D eigenvalue weighted by atomic mass is 10.3. The van der Waals surface area contributed by atoms with Crippen LogP contribution in [0.4, 0.5) is 0 Å². The maximum atomic E-state index is 11.3. The van der Waals surface area contributed by atoms with Gasteiger partial charge in [0.05, 0.1) is 18.2 Å². The number of hydrogen-bond acceptors (Lipinski definition) is 5. The number of carbonyl (C=O) groups excluding carboxylic acids is 2. The number of rotatable bonds is 5. The van der Waals surface area contributed by atoms with Gasteiger partial charge in [0, 0.05) is 0 Å². The van der Waals surface area contributed by atoms with Crippen LogP contribution in [0.1, 0.15) is 0 Å². The number of carbonyl (C=O) groups is 3. The Labute approximate surface area is 95.8 Å². The average molecular weight is 248 g/mol. The average Bonchev–Trinajstić information content (AvgIpc) is 2.60. The van der Waals surface area contributed by atoms with Crippen LogP contribution in [0.3, 0.4) is 0 Å². The van der Waals surface area contributed by atoms with Gasteiger partial charge in [-0.25, -0.2) is 4.79 Å². The zero-order valence-electron chi connectivity index (χ0n) is 8.38. The minimum absolute atomic E-state index is 0.0990. The van der Waals surface area contributed by atoms with Gasteiger partial charge in [-0.3, -0.25) is 9.59 Å². The fraction of sp³-hybridized carbons (Fsp3) is 0.625. The van der Waals surface area contributed by atoms with Gasteiger partial charge in [-0.05, 0) is 0 Å². The molecule has 8 heteroatoms. The van der Waals surface area contributed by atoms with Crippen LogP contribution in [0, 0.1) is 0 Å². The maximum absolute atomic E-state index is 11.3. The lowest BCUT2D eigenvalue weighted by Crippen LogP contribution is -2.42. The van der Waals surface area contributed by atoms with Crippen molar-refractivity contribution in [2.45, 2.75) is 6.10 Å². The minimum atomic E-state index is -1.62. The molecule has 2 amide bonds. The van der Waals surface area contributed by atoms with Gasteiger partial charge in [0.25, 0.3) is 0 Å². The van der Waals surface area contributed by atoms with E-state index >= 15 is 0 Å². The number of aliphatic hydroxyl groups is 1. The van der Waals surface area contributed by atoms with Crippen LogP contribution < -0.4 is 5.32 Å². The zero-order chi connectivity index (χ0) is 12.1. The van der Waals surface area contributed by atoms with Crippen LogP contribution in [0.25, 0.3) is 0 Å². The lowest BCUT2D eigenvalue weighted by Gasteiger charge is -2.14. The van der Waals surface area contributed by atoms with Gasteiger partial charge in [0.2, 0.25) is 11.8 Å². The summed E-state index contributed by atoms with van der Waals surface area (Å²) in [6.45, 7) is -0.457. The Hall–Kier alpha value is -1.28. The Morgan fingerprint density at radius 1 is 1.56 bits per heavy atom. The molecule has 1 aliphatic heterocycles. The van der Waals surface area contributed by atoms with Gasteiger partial charge in [-0.15, -0.1) is 11.8 Å². The Balaban J connectivity index is 2.25. The van der Waals surface area contributed by atoms with Crippen LogP contribution in [0.15, 0.2) is 0 Å². The summed E-state index contributed by atoms with van der Waals surface area (Å²) in [7, 11) is 0. The van der Waals surface area contributed by atoms with Gasteiger partial charge in [-0.2, -0.15) is 0 Å². The first kappa shape index (κ1) is 12.8. The maximum Gasteiger partial charge on any atom is 0.334 e. The Morgan fingerprint density at radius 3 is 2.75 bits per heavy atom. The van der Waals surface area contributed by atoms with E-state index in [9.17, 15) is 14.4 Å². The van der Waals surface area contributed by atoms with Gasteiger partial charge < -0.3 is 20.4 Å². The topological polar surface area (TPSA) is 107 Å². The van der Waals surface area contributed by atoms with E-state index in [0.29, 0.717) is 11.6 Å². The highest BCUT2D eigenvalue weighted by molar-refractivity contribution is 8.00. The highest BCUT2D eigenvalue weighted by atomic mass is 32.2. The van der Waals surface area contributed by atoms with E-state index in [-0.39, 0.29) is 19.0 Å². The fourth-order valence-electron chi connectivity index (χ4n) is 1.07. The molecule has 90 valence electrons. The number of aliphatic hydroxyl groups excluding tert-OH is 1. The second-order valence-corrected chi connectivity index (χ2v) is 4.18. The third kappa shape index (κ3) is 3.70. The Bertz CT molecular complexity index is 309. The molecule has 1 unspecified atom stereocenters. The molecule has 16 heavy (non-hydrogen) atoms. The Kier molecular flexibility index (Phi) is 4.56. The molecule has 7 nitrogen and oxygen atoms in total. The first-order valence-electron chi connectivity index (χ1n) is 4.54. The van der Waals surface area contributed by atoms with E-state index in [0.717, 1.165) is 0 Å². The zero-order valence-corrected chi connectivity index (χ0v) is 9.20. The summed E-state index contributed by atoms with van der Waals surface area (Å²) in [5, 5.41) is 19.5. The molecule has 1 rings (SSSR count). The molecular formula is C8H12N2O5S. The van der Waals surface area contributed by atoms with E-state index < -0.39 is 18.0 Å². The third-order valence-electron chi connectivity index (χ3n) is 1.94. The number of thioether (sulfide) groups is 1. The summed E-state index contributed by atoms with van der Waals surface area (Å²) in [6.07, 6.45) is -1.62. The highest BCUT2D eigenvalue weighted by Gasteiger charge is 2.23. The molecule has 0 aliphatic carbocycles. The molecule has 1 heterocycles. The van der Waals surface area contributed by atoms with Gasteiger partial charge in [0.1, 0.15) is 6.54 Å². The van der Waals surface area contributed by atoms with Gasteiger partial charge in [-0.1, -0.05) is 0 Å². The van der Waals surface area contributed by atoms with Crippen LogP contribution in [-0.4, -0.2) is 63.7 Å². The van der Waals surface area contributed by atoms with E-state index in [4.69, 9.17) is 10.2 Å². The van der Waals surface area contributed by atoms with Crippen molar-refractivity contribution in [2.24, 2.45) is 0 Å². The number of nitrogens with zero attached hydrogens (tertiary/aromatic N) is 1. The van der Waals surface area contributed by atoms with E-state index in [2.05, 4.69) is 5.32 Å². The number of carboxylic acid groups (broad SMARTS) is 1. The van der Waals surface area contributed by atoms with Crippen LogP contribution in [0.5, 0.6) is 0 Å². The van der Waals surface area contributed by atoms with Crippen molar-refractivity contribution in [1.29, 1.82) is 0 Å². The molecule has 0 spiro atoms. The van der Waals surface area contributed by atoms with Gasteiger partial charge >= 0.3 is 5.97 Å². The second-order valence-electron chi connectivity index (χ2n) is 3.23. The number of nitrogens with one attached hydrogen (secondary N) is 1. The van der Waals surface area contributed by atoms with E-state index in [1.54, 1.807) is 0 Å². The van der Waals surface area contributed by atoms with Crippen molar-refractivity contribution < 1.29 is 24.6 Å². The first-order chi connectivity index (χ1) is 7.50. The summed E-state index contributed by atoms with van der Waals surface area (Å²) in [6, 6.07) is 0. The SMILES string of the molecule is O=C(CN1CSCC1=O)NCC(O)C(=O)O. The predicted octanol–water partition coefficient (Wildman–Crippen LogP) is -1.92. The summed E-state index contributed by atoms with van der Waals surface area (Å²) in [5.41, 5.74) is 0. The Morgan fingerprint density at radius 2 is 2.25 bits per heavy atom. The molecule has 0 aromatic heterocycles. The predicted molar refractivity (Wildman–Crippen MR) is 55.7 cm³/mol. The quantitative estimate of drug-likeness (QED) is 0.523. The molecule has 1 saturated heterocycles. The summed E-state index contributed by atoms with van der Waals surface area (Å²) in [4.78, 5) is 34.0. The fourth-order valence-corrected chi connectivity index (χ4v) is 1.97. The van der Waals surface area contributed by atoms with Crippen LogP contribution >= 0.6 is 11.8 Å².